The topological polar surface area (TPSA) is 9.86 Å². The number of thiophene rings is 4. The van der Waals surface area contributed by atoms with E-state index in [1.807, 2.05) is 45.3 Å². The lowest BCUT2D eigenvalue weighted by molar-refractivity contribution is 1.19. The molecule has 384 valence electrons. The Balaban J connectivity index is 0.000000130. The van der Waals surface area contributed by atoms with Crippen molar-refractivity contribution in [3.8, 4) is 55.9 Å². The molecular weight excluding hydrogens is 1070 g/mol. The van der Waals surface area contributed by atoms with E-state index in [2.05, 4.69) is 288 Å². The molecule has 0 N–H and O–H groups in total. The fourth-order valence-corrected chi connectivity index (χ4v) is 17.6. The number of hydrogen-bond donors (Lipinski definition) is 0. The molecule has 0 unspecified atom stereocenters. The fraction of sp³-hybridized carbons (Fsp3) is 0. The summed E-state index contributed by atoms with van der Waals surface area (Å²) in [5.74, 6) is 0. The van der Waals surface area contributed by atoms with Gasteiger partial charge >= 0.3 is 0 Å². The van der Waals surface area contributed by atoms with Gasteiger partial charge in [0.2, 0.25) is 0 Å². The van der Waals surface area contributed by atoms with Crippen molar-refractivity contribution < 1.29 is 0 Å². The van der Waals surface area contributed by atoms with Crippen LogP contribution in [0.4, 0.5) is 0 Å². The van der Waals surface area contributed by atoms with Crippen LogP contribution >= 0.6 is 45.3 Å². The van der Waals surface area contributed by atoms with Crippen molar-refractivity contribution in [2.24, 2.45) is 0 Å². The van der Waals surface area contributed by atoms with Gasteiger partial charge in [-0.2, -0.15) is 0 Å². The highest BCUT2D eigenvalue weighted by Gasteiger charge is 2.23. The lowest BCUT2D eigenvalue weighted by Crippen LogP contribution is -1.93. The van der Waals surface area contributed by atoms with E-state index in [-0.39, 0.29) is 0 Å². The van der Waals surface area contributed by atoms with Gasteiger partial charge in [0, 0.05) is 88.2 Å². The first kappa shape index (κ1) is 47.4. The fourth-order valence-electron chi connectivity index (χ4n) is 12.7. The Morgan fingerprint density at radius 1 is 0.220 bits per heavy atom. The van der Waals surface area contributed by atoms with Gasteiger partial charge in [-0.25, -0.2) is 0 Å². The van der Waals surface area contributed by atoms with Crippen LogP contribution in [-0.2, 0) is 0 Å². The first-order valence-electron chi connectivity index (χ1n) is 27.7. The molecule has 18 aromatic rings. The second kappa shape index (κ2) is 19.1. The number of hydrogen-bond acceptors (Lipinski definition) is 4. The van der Waals surface area contributed by atoms with Crippen LogP contribution in [0.1, 0.15) is 0 Å². The Morgan fingerprint density at radius 2 is 0.622 bits per heavy atom. The summed E-state index contributed by atoms with van der Waals surface area (Å²) < 4.78 is 15.6. The normalized spacial score (nSPS) is 11.9. The molecule has 0 aliphatic heterocycles. The monoisotopic (exact) mass is 1110 g/mol. The number of aromatic nitrogens is 2. The molecule has 2 nitrogen and oxygen atoms in total. The van der Waals surface area contributed by atoms with Crippen molar-refractivity contribution in [2.45, 2.75) is 0 Å². The van der Waals surface area contributed by atoms with Gasteiger partial charge < -0.3 is 9.13 Å². The third kappa shape index (κ3) is 7.50. The minimum absolute atomic E-state index is 1.20. The van der Waals surface area contributed by atoms with Crippen LogP contribution in [0.25, 0.3) is 159 Å². The van der Waals surface area contributed by atoms with Gasteiger partial charge in [0.1, 0.15) is 0 Å². The zero-order chi connectivity index (χ0) is 53.8. The van der Waals surface area contributed by atoms with Crippen LogP contribution in [0.3, 0.4) is 0 Å². The maximum Gasteiger partial charge on any atom is 0.0734 e. The maximum absolute atomic E-state index is 2.46. The second-order valence-corrected chi connectivity index (χ2v) is 25.3. The molecule has 0 aliphatic carbocycles. The molecule has 0 amide bonds. The Labute approximate surface area is 488 Å². The van der Waals surface area contributed by atoms with Gasteiger partial charge in [-0.15, -0.1) is 45.3 Å². The molecule has 0 spiro atoms. The summed E-state index contributed by atoms with van der Waals surface area (Å²) in [7, 11) is 0. The van der Waals surface area contributed by atoms with E-state index in [1.54, 1.807) is 0 Å². The number of rotatable bonds is 6. The minimum atomic E-state index is 1.20. The lowest BCUT2D eigenvalue weighted by Gasteiger charge is -2.10. The highest BCUT2D eigenvalue weighted by atomic mass is 32.1. The number of fused-ring (bicyclic) bond motifs is 16. The smallest absolute Gasteiger partial charge is 0.0734 e. The van der Waals surface area contributed by atoms with E-state index in [0.29, 0.717) is 0 Å². The van der Waals surface area contributed by atoms with Crippen molar-refractivity contribution >= 4 is 148 Å². The molecule has 6 heterocycles. The van der Waals surface area contributed by atoms with E-state index in [9.17, 15) is 0 Å². The summed E-state index contributed by atoms with van der Waals surface area (Å²) in [6.45, 7) is 0. The quantitative estimate of drug-likeness (QED) is 0.157. The van der Waals surface area contributed by atoms with Crippen molar-refractivity contribution in [1.29, 1.82) is 0 Å². The van der Waals surface area contributed by atoms with Gasteiger partial charge in [-0.1, -0.05) is 200 Å². The predicted molar refractivity (Wildman–Crippen MR) is 360 cm³/mol. The molecule has 0 radical (unpaired) electrons. The third-order valence-electron chi connectivity index (χ3n) is 16.4. The molecule has 0 fully saturated rings. The highest BCUT2D eigenvalue weighted by Crippen LogP contribution is 2.50. The lowest BCUT2D eigenvalue weighted by atomic mass is 9.98. The zero-order valence-electron chi connectivity index (χ0n) is 44.1. The summed E-state index contributed by atoms with van der Waals surface area (Å²) >= 11 is 7.61. The third-order valence-corrected chi connectivity index (χ3v) is 21.2. The van der Waals surface area contributed by atoms with Crippen LogP contribution < -0.4 is 0 Å². The van der Waals surface area contributed by atoms with E-state index < -0.39 is 0 Å². The number of benzene rings is 12. The molecule has 6 aromatic heterocycles. The Hall–Kier alpha value is -9.40. The molecule has 0 saturated heterocycles. The van der Waals surface area contributed by atoms with Crippen LogP contribution in [0.2, 0.25) is 0 Å². The van der Waals surface area contributed by atoms with Gasteiger partial charge in [0.05, 0.1) is 31.5 Å². The second-order valence-electron chi connectivity index (χ2n) is 21.0. The maximum atomic E-state index is 2.46. The molecule has 0 atom stereocenters. The van der Waals surface area contributed by atoms with Gasteiger partial charge in [-0.05, 0) is 118 Å². The van der Waals surface area contributed by atoms with E-state index in [1.165, 1.54) is 159 Å². The largest absolute Gasteiger partial charge is 0.308 e. The Kier molecular flexibility index (Phi) is 11.1. The number of para-hydroxylation sites is 4. The van der Waals surface area contributed by atoms with Gasteiger partial charge in [0.25, 0.3) is 0 Å². The molecule has 12 aromatic carbocycles. The highest BCUT2D eigenvalue weighted by molar-refractivity contribution is 7.28. The molecule has 0 saturated carbocycles. The van der Waals surface area contributed by atoms with E-state index in [0.717, 1.165) is 0 Å². The molecule has 0 aliphatic rings. The molecular formula is C76H46N2S4. The van der Waals surface area contributed by atoms with Crippen molar-refractivity contribution in [2.75, 3.05) is 0 Å². The number of nitrogens with zero attached hydrogens (tertiary/aromatic N) is 2. The van der Waals surface area contributed by atoms with Gasteiger partial charge in [0.15, 0.2) is 0 Å². The molecule has 0 bridgehead atoms. The Morgan fingerprint density at radius 3 is 1.21 bits per heavy atom. The van der Waals surface area contributed by atoms with Crippen LogP contribution in [0.5, 0.6) is 0 Å². The minimum Gasteiger partial charge on any atom is -0.308 e. The van der Waals surface area contributed by atoms with Gasteiger partial charge in [-0.3, -0.25) is 0 Å². The SMILES string of the molecule is c1ccc(-c2ccc3sc4c(-c5ccc6sc7c8ccccc8n(-c8ccccc8)c7c6c5)cccc4c3c2)cc1.c1ccc(-c2ccc3sc4c(-c5cccc6sc7c8ccccc8n(-c8ccccc8)c7c56)cccc4c3c2)cc1. The average Bonchev–Trinajstić information content (AvgIpc) is 4.58. The predicted octanol–water partition coefficient (Wildman–Crippen LogP) is 23.4. The summed E-state index contributed by atoms with van der Waals surface area (Å²) in [5.41, 5.74) is 17.7. The zero-order valence-corrected chi connectivity index (χ0v) is 47.4. The van der Waals surface area contributed by atoms with Crippen LogP contribution in [0, 0.1) is 0 Å². The van der Waals surface area contributed by atoms with Crippen LogP contribution in [-0.4, -0.2) is 9.13 Å². The summed E-state index contributed by atoms with van der Waals surface area (Å²) in [5, 5.41) is 10.6. The van der Waals surface area contributed by atoms with Crippen LogP contribution in [0.15, 0.2) is 279 Å². The summed E-state index contributed by atoms with van der Waals surface area (Å²) in [6.07, 6.45) is 0. The summed E-state index contributed by atoms with van der Waals surface area (Å²) in [4.78, 5) is 0. The molecule has 82 heavy (non-hydrogen) atoms. The first-order chi connectivity index (χ1) is 40.7. The Bertz CT molecular complexity index is 5500. The average molecular weight is 1120 g/mol. The first-order valence-corrected chi connectivity index (χ1v) is 31.0. The van der Waals surface area contributed by atoms with Crippen molar-refractivity contribution in [1.82, 2.24) is 9.13 Å². The van der Waals surface area contributed by atoms with Crippen molar-refractivity contribution in [3.63, 3.8) is 0 Å². The standard InChI is InChI=1S/2C38H23NS2/c1-3-11-24(12-4-1)25-21-22-33-31(23-25)29-18-9-17-28(37(29)40-33)27-16-10-20-34-35(27)36-38(41-34)30-15-7-8-19-32(30)39(36)26-13-5-2-6-14-26;1-3-10-24(11-4-1)25-18-20-34-31(22-25)29-16-9-15-28(37(29)40-34)26-19-21-35-32(23-26)36-38(41-35)30-14-7-8-17-33(30)39(36)27-12-5-2-6-13-27/h2*1-23H. The molecule has 6 heteroatoms. The van der Waals surface area contributed by atoms with E-state index in [4.69, 9.17) is 0 Å². The summed E-state index contributed by atoms with van der Waals surface area (Å²) in [6, 6.07) is 102. The molecule has 18 rings (SSSR count). The van der Waals surface area contributed by atoms with Crippen molar-refractivity contribution in [3.05, 3.63) is 279 Å². The van der Waals surface area contributed by atoms with E-state index >= 15 is 0 Å².